The van der Waals surface area contributed by atoms with Gasteiger partial charge >= 0.3 is 0 Å². The monoisotopic (exact) mass is 458 g/mol. The molecule has 32 heavy (non-hydrogen) atoms. The first kappa shape index (κ1) is 22.1. The molecular weight excluding hydrogens is 435 g/mol. The summed E-state index contributed by atoms with van der Waals surface area (Å²) >= 11 is 0. The van der Waals surface area contributed by atoms with Gasteiger partial charge in [0, 0.05) is 13.0 Å². The summed E-state index contributed by atoms with van der Waals surface area (Å²) in [6, 6.07) is 13.7. The minimum Gasteiger partial charge on any atom is -0.369 e. The van der Waals surface area contributed by atoms with Crippen LogP contribution >= 0.6 is 0 Å². The number of aromatic nitrogens is 2. The van der Waals surface area contributed by atoms with Gasteiger partial charge in [-0.25, -0.2) is 12.8 Å². The molecule has 0 bridgehead atoms. The summed E-state index contributed by atoms with van der Waals surface area (Å²) < 4.78 is 46.2. The third-order valence-corrected chi connectivity index (χ3v) is 7.44. The second kappa shape index (κ2) is 9.17. The zero-order valence-corrected chi connectivity index (χ0v) is 18.0. The van der Waals surface area contributed by atoms with E-state index in [1.54, 1.807) is 0 Å². The van der Waals surface area contributed by atoms with Crippen LogP contribution in [0.3, 0.4) is 0 Å². The maximum absolute atomic E-state index is 13.3. The van der Waals surface area contributed by atoms with Crippen LogP contribution in [0.4, 0.5) is 4.39 Å². The summed E-state index contributed by atoms with van der Waals surface area (Å²) in [7, 11) is -4.03. The number of aryl methyl sites for hydroxylation is 2. The molecule has 0 unspecified atom stereocenters. The van der Waals surface area contributed by atoms with Crippen molar-refractivity contribution in [2.24, 2.45) is 11.7 Å². The molecule has 1 fully saturated rings. The van der Waals surface area contributed by atoms with Crippen LogP contribution < -0.4 is 5.73 Å². The van der Waals surface area contributed by atoms with Gasteiger partial charge < -0.3 is 10.3 Å². The third-order valence-electron chi connectivity index (χ3n) is 5.56. The maximum atomic E-state index is 13.3. The van der Waals surface area contributed by atoms with Gasteiger partial charge in [0.2, 0.25) is 21.8 Å². The number of hydrogen-bond donors (Lipinski definition) is 1. The lowest BCUT2D eigenvalue weighted by Gasteiger charge is -2.21. The molecule has 8 nitrogen and oxygen atoms in total. The first-order valence-corrected chi connectivity index (χ1v) is 11.7. The normalized spacial score (nSPS) is 19.3. The summed E-state index contributed by atoms with van der Waals surface area (Å²) in [6.45, 7) is -0.106. The second-order valence-electron chi connectivity index (χ2n) is 7.77. The van der Waals surface area contributed by atoms with E-state index in [1.165, 1.54) is 17.7 Å². The van der Waals surface area contributed by atoms with Crippen molar-refractivity contribution >= 4 is 15.9 Å². The average molecular weight is 459 g/mol. The Bertz CT molecular complexity index is 1180. The highest BCUT2D eigenvalue weighted by atomic mass is 32.2. The fourth-order valence-corrected chi connectivity index (χ4v) is 5.48. The number of nitrogens with zero attached hydrogens (tertiary/aromatic N) is 3. The number of halogens is 1. The van der Waals surface area contributed by atoms with Crippen LogP contribution in [0.25, 0.3) is 0 Å². The molecule has 0 spiro atoms. The van der Waals surface area contributed by atoms with Gasteiger partial charge in [-0.15, -0.1) is 0 Å². The molecule has 168 valence electrons. The number of rotatable bonds is 8. The van der Waals surface area contributed by atoms with E-state index >= 15 is 0 Å². The van der Waals surface area contributed by atoms with Gasteiger partial charge in [0.1, 0.15) is 11.9 Å². The van der Waals surface area contributed by atoms with Crippen LogP contribution in [-0.4, -0.2) is 35.3 Å². The maximum Gasteiger partial charge on any atom is 0.245 e. The van der Waals surface area contributed by atoms with Crippen LogP contribution in [0, 0.1) is 11.7 Å². The van der Waals surface area contributed by atoms with Crippen molar-refractivity contribution in [1.82, 2.24) is 14.4 Å². The lowest BCUT2D eigenvalue weighted by atomic mass is 10.1. The molecule has 1 amide bonds. The summed E-state index contributed by atoms with van der Waals surface area (Å²) in [5.74, 6) is -1.25. The first-order chi connectivity index (χ1) is 15.3. The molecule has 4 rings (SSSR count). The van der Waals surface area contributed by atoms with E-state index in [9.17, 15) is 17.6 Å². The van der Waals surface area contributed by atoms with Crippen molar-refractivity contribution in [3.8, 4) is 0 Å². The Hall–Kier alpha value is -3.11. The summed E-state index contributed by atoms with van der Waals surface area (Å²) in [5.41, 5.74) is 6.65. The third kappa shape index (κ3) is 4.71. The zero-order chi connectivity index (χ0) is 22.7. The topological polar surface area (TPSA) is 119 Å². The number of carbonyl (C=O) groups excluding carboxylic acids is 1. The SMILES string of the molecule is NC(=O)[C@H]1C[C@@H](c2nc(CCCc3ccccc3)no2)N(S(=O)(=O)c2ccc(F)cc2)C1. The van der Waals surface area contributed by atoms with Gasteiger partial charge in [-0.2, -0.15) is 9.29 Å². The Balaban J connectivity index is 1.52. The molecular formula is C22H23FN4O4S. The molecule has 2 heterocycles. The average Bonchev–Trinajstić information content (AvgIpc) is 3.42. The van der Waals surface area contributed by atoms with Crippen LogP contribution in [-0.2, 0) is 27.7 Å². The van der Waals surface area contributed by atoms with Crippen molar-refractivity contribution < 1.29 is 22.1 Å². The Morgan fingerprint density at radius 2 is 1.84 bits per heavy atom. The van der Waals surface area contributed by atoms with Crippen molar-refractivity contribution in [2.45, 2.75) is 36.6 Å². The quantitative estimate of drug-likeness (QED) is 0.554. The second-order valence-corrected chi connectivity index (χ2v) is 9.66. The van der Waals surface area contributed by atoms with Gasteiger partial charge in [0.05, 0.1) is 10.8 Å². The molecule has 10 heteroatoms. The lowest BCUT2D eigenvalue weighted by Crippen LogP contribution is -2.33. The Kier molecular flexibility index (Phi) is 6.33. The summed E-state index contributed by atoms with van der Waals surface area (Å²) in [6.07, 6.45) is 2.36. The van der Waals surface area contributed by atoms with E-state index in [0.29, 0.717) is 12.2 Å². The molecule has 1 aliphatic rings. The Morgan fingerprint density at radius 1 is 1.12 bits per heavy atom. The van der Waals surface area contributed by atoms with E-state index in [0.717, 1.165) is 29.3 Å². The molecule has 2 N–H and O–H groups in total. The highest BCUT2D eigenvalue weighted by molar-refractivity contribution is 7.89. The minimum absolute atomic E-state index is 0.0865. The van der Waals surface area contributed by atoms with E-state index in [1.807, 2.05) is 30.3 Å². The molecule has 1 saturated heterocycles. The number of benzene rings is 2. The van der Waals surface area contributed by atoms with Gasteiger partial charge in [-0.3, -0.25) is 4.79 Å². The van der Waals surface area contributed by atoms with E-state index in [-0.39, 0.29) is 23.8 Å². The van der Waals surface area contributed by atoms with Gasteiger partial charge in [0.25, 0.3) is 0 Å². The number of carbonyl (C=O) groups is 1. The number of hydrogen-bond acceptors (Lipinski definition) is 6. The predicted octanol–water partition coefficient (Wildman–Crippen LogP) is 2.62. The zero-order valence-electron chi connectivity index (χ0n) is 17.2. The van der Waals surface area contributed by atoms with Crippen molar-refractivity contribution in [3.05, 3.63) is 77.7 Å². The fourth-order valence-electron chi connectivity index (χ4n) is 3.84. The van der Waals surface area contributed by atoms with Crippen LogP contribution in [0.5, 0.6) is 0 Å². The van der Waals surface area contributed by atoms with Crippen LogP contribution in [0.1, 0.15) is 36.2 Å². The molecule has 0 saturated carbocycles. The highest BCUT2D eigenvalue weighted by Gasteiger charge is 2.45. The molecule has 1 aromatic heterocycles. The fraction of sp³-hybridized carbons (Fsp3) is 0.318. The van der Waals surface area contributed by atoms with Gasteiger partial charge in [-0.05, 0) is 49.1 Å². The molecule has 2 atom stereocenters. The number of sulfonamides is 1. The van der Waals surface area contributed by atoms with Gasteiger partial charge in [-0.1, -0.05) is 35.5 Å². The first-order valence-electron chi connectivity index (χ1n) is 10.3. The number of nitrogens with two attached hydrogens (primary N) is 1. The van der Waals surface area contributed by atoms with E-state index < -0.39 is 33.7 Å². The molecule has 2 aromatic carbocycles. The standard InChI is InChI=1S/C22H23FN4O4S/c23-17-9-11-18(12-10-17)32(29,30)27-14-16(21(24)28)13-19(27)22-25-20(26-31-22)8-4-7-15-5-2-1-3-6-15/h1-3,5-6,9-12,16,19H,4,7-8,13-14H2,(H2,24,28)/t16-,19-/m0/s1. The molecule has 0 aliphatic carbocycles. The predicted molar refractivity (Wildman–Crippen MR) is 113 cm³/mol. The summed E-state index contributed by atoms with van der Waals surface area (Å²) in [4.78, 5) is 16.1. The number of amides is 1. The largest absolute Gasteiger partial charge is 0.369 e. The van der Waals surface area contributed by atoms with E-state index in [2.05, 4.69) is 10.1 Å². The Morgan fingerprint density at radius 3 is 2.53 bits per heavy atom. The smallest absolute Gasteiger partial charge is 0.245 e. The van der Waals surface area contributed by atoms with Crippen LogP contribution in [0.15, 0.2) is 64.0 Å². The molecule has 1 aliphatic heterocycles. The highest BCUT2D eigenvalue weighted by Crippen LogP contribution is 2.38. The summed E-state index contributed by atoms with van der Waals surface area (Å²) in [5, 5.41) is 3.99. The molecule has 0 radical (unpaired) electrons. The van der Waals surface area contributed by atoms with Crippen LogP contribution in [0.2, 0.25) is 0 Å². The Labute approximate surface area is 185 Å². The minimum atomic E-state index is -4.03. The van der Waals surface area contributed by atoms with Gasteiger partial charge in [0.15, 0.2) is 5.82 Å². The van der Waals surface area contributed by atoms with Crippen molar-refractivity contribution in [2.75, 3.05) is 6.54 Å². The van der Waals surface area contributed by atoms with E-state index in [4.69, 9.17) is 10.3 Å². The molecule has 3 aromatic rings. The number of primary amides is 1. The lowest BCUT2D eigenvalue weighted by molar-refractivity contribution is -0.121. The van der Waals surface area contributed by atoms with Crippen molar-refractivity contribution in [1.29, 1.82) is 0 Å². The van der Waals surface area contributed by atoms with Crippen molar-refractivity contribution in [3.63, 3.8) is 0 Å².